The number of aryl methyl sites for hydroxylation is 2. The molecule has 1 aliphatic carbocycles. The predicted molar refractivity (Wildman–Crippen MR) is 114 cm³/mol. The van der Waals surface area contributed by atoms with Crippen molar-refractivity contribution in [3.05, 3.63) is 90.8 Å². The topological polar surface area (TPSA) is 12.0 Å². The number of allylic oxidation sites excluding steroid dienone is 4. The summed E-state index contributed by atoms with van der Waals surface area (Å²) in [5.74, 6) is 0. The van der Waals surface area contributed by atoms with Crippen LogP contribution in [-0.4, -0.2) is 7.05 Å². The van der Waals surface area contributed by atoms with Crippen LogP contribution < -0.4 is 5.32 Å². The van der Waals surface area contributed by atoms with Crippen LogP contribution in [0.1, 0.15) is 17.5 Å². The van der Waals surface area contributed by atoms with E-state index in [2.05, 4.69) is 49.5 Å². The summed E-state index contributed by atoms with van der Waals surface area (Å²) in [4.78, 5) is 0. The summed E-state index contributed by atoms with van der Waals surface area (Å²) < 4.78 is 0. The Bertz CT molecular complexity index is 347. The Hall–Kier alpha value is -0.206. The summed E-state index contributed by atoms with van der Waals surface area (Å²) in [5, 5.41) is 3.16. The molecule has 0 bridgehead atoms. The maximum Gasteiger partial charge on any atom is 0.0396 e. The fraction of sp³-hybridized carbons (Fsp3) is 0.211. The first kappa shape index (κ1) is 49.5. The van der Waals surface area contributed by atoms with Crippen molar-refractivity contribution in [1.82, 2.24) is 0 Å². The molecule has 1 nitrogen and oxygen atoms in total. The third-order valence-electron chi connectivity index (χ3n) is 2.32. The van der Waals surface area contributed by atoms with Gasteiger partial charge in [-0.3, -0.25) is 6.08 Å². The minimum atomic E-state index is 0. The molecular weight excluding hydrogens is 361 g/mol. The smallest absolute Gasteiger partial charge is 0.0396 e. The van der Waals surface area contributed by atoms with Crippen LogP contribution in [0, 0.1) is 57.1 Å². The van der Waals surface area contributed by atoms with Crippen LogP contribution in [0.4, 0.5) is 5.69 Å². The van der Waals surface area contributed by atoms with Gasteiger partial charge in [-0.2, -0.15) is 6.08 Å². The van der Waals surface area contributed by atoms with Crippen molar-refractivity contribution in [2.75, 3.05) is 12.4 Å². The molecule has 0 heterocycles. The second-order valence-corrected chi connectivity index (χ2v) is 3.52. The molecule has 1 aromatic carbocycles. The molecule has 0 radical (unpaired) electrons. The van der Waals surface area contributed by atoms with Crippen LogP contribution in [-0.2, 0) is 21.7 Å². The summed E-state index contributed by atoms with van der Waals surface area (Å²) in [5.41, 5.74) is 3.87. The van der Waals surface area contributed by atoms with E-state index in [9.17, 15) is 0 Å². The molecule has 0 saturated heterocycles. The molecule has 0 aromatic heterocycles. The Morgan fingerprint density at radius 3 is 1.52 bits per heavy atom. The summed E-state index contributed by atoms with van der Waals surface area (Å²) in [7, 11) is 1.95. The van der Waals surface area contributed by atoms with E-state index in [0.29, 0.717) is 0 Å². The summed E-state index contributed by atoms with van der Waals surface area (Å²) >= 11 is 0. The van der Waals surface area contributed by atoms with Gasteiger partial charge in [0, 0.05) is 34.5 Å². The van der Waals surface area contributed by atoms with E-state index in [1.54, 1.807) is 0 Å². The largest absolute Gasteiger partial charge is 0.388 e. The standard InChI is InChI=1S/C9H13N.C5H5.5CH3.2ClH.Ti/c1-7-5-4-6-8(2)9(7)10-3;1-2-4-5-3-1;;;;;;;;/h4-6,10H,1-3H3;1-3H,4H2;5*1H3;2*1H;/q;6*-1;;;. The third kappa shape index (κ3) is 19.7. The van der Waals surface area contributed by atoms with E-state index in [-0.39, 0.29) is 83.7 Å². The number of hydrogen-bond donors (Lipinski definition) is 1. The first-order valence-corrected chi connectivity index (χ1v) is 5.21. The molecule has 0 spiro atoms. The Kier molecular flexibility index (Phi) is 64.0. The van der Waals surface area contributed by atoms with Crippen molar-refractivity contribution in [2.24, 2.45) is 0 Å². The third-order valence-corrected chi connectivity index (χ3v) is 2.32. The van der Waals surface area contributed by atoms with Crippen LogP contribution in [0.5, 0.6) is 0 Å². The van der Waals surface area contributed by atoms with Gasteiger partial charge < -0.3 is 42.5 Å². The average molecular weight is 396 g/mol. The minimum Gasteiger partial charge on any atom is -0.388 e. The quantitative estimate of drug-likeness (QED) is 0.409. The van der Waals surface area contributed by atoms with E-state index in [1.165, 1.54) is 16.8 Å². The van der Waals surface area contributed by atoms with Gasteiger partial charge in [-0.05, 0) is 25.0 Å². The van der Waals surface area contributed by atoms with E-state index >= 15 is 0 Å². The van der Waals surface area contributed by atoms with Gasteiger partial charge in [-0.1, -0.05) is 18.2 Å². The SMILES string of the molecule is CNc1c(C)cccc1C.Cl.Cl.[C-]1=CC=CC1.[CH3-].[CH3-].[CH3-].[CH3-].[CH3-].[Ti]. The number of nitrogens with one attached hydrogen (secondary N) is 1. The number of anilines is 1. The van der Waals surface area contributed by atoms with Crippen LogP contribution in [0.25, 0.3) is 0 Å². The van der Waals surface area contributed by atoms with Crippen molar-refractivity contribution in [2.45, 2.75) is 20.3 Å². The second kappa shape index (κ2) is 29.8. The van der Waals surface area contributed by atoms with E-state index in [4.69, 9.17) is 0 Å². The molecule has 0 fully saturated rings. The van der Waals surface area contributed by atoms with Crippen LogP contribution in [0.15, 0.2) is 36.4 Å². The molecule has 1 N–H and O–H groups in total. The van der Waals surface area contributed by atoms with Gasteiger partial charge in [0.1, 0.15) is 0 Å². The fourth-order valence-corrected chi connectivity index (χ4v) is 1.55. The van der Waals surface area contributed by atoms with Crippen LogP contribution >= 0.6 is 24.8 Å². The van der Waals surface area contributed by atoms with Crippen LogP contribution in [0.3, 0.4) is 0 Å². The van der Waals surface area contributed by atoms with E-state index in [0.717, 1.165) is 6.42 Å². The predicted octanol–water partition coefficient (Wildman–Crippen LogP) is 6.74. The monoisotopic (exact) mass is 395 g/mol. The maximum absolute atomic E-state index is 3.16. The van der Waals surface area contributed by atoms with Gasteiger partial charge in [0.25, 0.3) is 0 Å². The summed E-state index contributed by atoms with van der Waals surface area (Å²) in [6, 6.07) is 6.29. The molecule has 0 amide bonds. The summed E-state index contributed by atoms with van der Waals surface area (Å²) in [6.45, 7) is 4.22. The molecule has 23 heavy (non-hydrogen) atoms. The van der Waals surface area contributed by atoms with Crippen molar-refractivity contribution >= 4 is 30.5 Å². The van der Waals surface area contributed by atoms with Gasteiger partial charge in [-0.25, -0.2) is 12.2 Å². The van der Waals surface area contributed by atoms with Crippen molar-refractivity contribution < 1.29 is 21.7 Å². The molecular formula is C19H35Cl2NTi-6. The molecule has 4 heteroatoms. The van der Waals surface area contributed by atoms with Gasteiger partial charge in [0.15, 0.2) is 0 Å². The number of hydrogen-bond acceptors (Lipinski definition) is 1. The van der Waals surface area contributed by atoms with E-state index < -0.39 is 0 Å². The second-order valence-electron chi connectivity index (χ2n) is 3.52. The van der Waals surface area contributed by atoms with Gasteiger partial charge >= 0.3 is 0 Å². The van der Waals surface area contributed by atoms with E-state index in [1.807, 2.05) is 19.2 Å². The Labute approximate surface area is 175 Å². The molecule has 0 atom stereocenters. The Balaban J connectivity index is -0.0000000262. The van der Waals surface area contributed by atoms with Gasteiger partial charge in [0.05, 0.1) is 0 Å². The van der Waals surface area contributed by atoms with Gasteiger partial charge in [-0.15, -0.1) is 31.2 Å². The zero-order valence-electron chi connectivity index (χ0n) is 16.0. The first-order chi connectivity index (χ1) is 7.25. The number of rotatable bonds is 1. The molecule has 0 aliphatic heterocycles. The van der Waals surface area contributed by atoms with Crippen molar-refractivity contribution in [1.29, 1.82) is 0 Å². The Morgan fingerprint density at radius 1 is 0.913 bits per heavy atom. The minimum absolute atomic E-state index is 0. The molecule has 1 aromatic rings. The number of benzene rings is 1. The Morgan fingerprint density at radius 2 is 1.35 bits per heavy atom. The van der Waals surface area contributed by atoms with Gasteiger partial charge in [0.2, 0.25) is 0 Å². The maximum atomic E-state index is 3.16. The summed E-state index contributed by atoms with van der Waals surface area (Å²) in [6.07, 6.45) is 10.0. The zero-order valence-corrected chi connectivity index (χ0v) is 19.2. The molecule has 2 rings (SSSR count). The zero-order chi connectivity index (χ0) is 11.1. The molecule has 1 aliphatic rings. The van der Waals surface area contributed by atoms with Crippen molar-refractivity contribution in [3.8, 4) is 0 Å². The number of halogens is 2. The number of para-hydroxylation sites is 1. The normalized spacial score (nSPS) is 7.96. The molecule has 0 saturated carbocycles. The van der Waals surface area contributed by atoms with Crippen molar-refractivity contribution in [3.63, 3.8) is 0 Å². The molecule has 0 unspecified atom stereocenters. The first-order valence-electron chi connectivity index (χ1n) is 5.21. The molecule has 140 valence electrons. The average Bonchev–Trinajstić information content (AvgIpc) is 2.76. The fourth-order valence-electron chi connectivity index (χ4n) is 1.55. The van der Waals surface area contributed by atoms with Crippen LogP contribution in [0.2, 0.25) is 0 Å².